The molecule has 110 valence electrons. The molecule has 0 radical (unpaired) electrons. The van der Waals surface area contributed by atoms with Crippen molar-refractivity contribution in [1.29, 1.82) is 0 Å². The fourth-order valence-corrected chi connectivity index (χ4v) is 4.67. The van der Waals surface area contributed by atoms with Crippen molar-refractivity contribution in [3.8, 4) is 0 Å². The number of hydrogen-bond acceptors (Lipinski definition) is 4. The van der Waals surface area contributed by atoms with Crippen LogP contribution in [0.25, 0.3) is 9.40 Å². The molecule has 4 heteroatoms. The van der Waals surface area contributed by atoms with Gasteiger partial charge in [-0.15, -0.1) is 22.7 Å². The predicted octanol–water partition coefficient (Wildman–Crippen LogP) is 4.81. The van der Waals surface area contributed by atoms with Crippen LogP contribution in [0.15, 0.2) is 35.8 Å². The number of thiophene rings is 2. The lowest BCUT2D eigenvalue weighted by Gasteiger charge is -2.16. The first-order valence-corrected chi connectivity index (χ1v) is 9.14. The zero-order valence-electron chi connectivity index (χ0n) is 12.4. The van der Waals surface area contributed by atoms with Crippen molar-refractivity contribution < 1.29 is 0 Å². The average Bonchev–Trinajstić information content (AvgIpc) is 3.09. The van der Waals surface area contributed by atoms with Gasteiger partial charge in [0.25, 0.3) is 0 Å². The normalized spacial score (nSPS) is 12.9. The number of hydrogen-bond donors (Lipinski definition) is 1. The SMILES string of the molecule is CCNC(Cc1ccc(CC)cn1)c1cc2sccc2s1. The van der Waals surface area contributed by atoms with Crippen molar-refractivity contribution in [3.05, 3.63) is 52.0 Å². The van der Waals surface area contributed by atoms with Gasteiger partial charge in [-0.05, 0) is 42.1 Å². The number of aryl methyl sites for hydroxylation is 1. The molecule has 3 heterocycles. The van der Waals surface area contributed by atoms with Gasteiger partial charge in [0.05, 0.1) is 0 Å². The summed E-state index contributed by atoms with van der Waals surface area (Å²) in [6.07, 6.45) is 4.00. The molecule has 0 aromatic carbocycles. The van der Waals surface area contributed by atoms with Gasteiger partial charge in [0.15, 0.2) is 0 Å². The van der Waals surface area contributed by atoms with E-state index < -0.39 is 0 Å². The second kappa shape index (κ2) is 6.69. The van der Waals surface area contributed by atoms with Crippen LogP contribution in [0.2, 0.25) is 0 Å². The van der Waals surface area contributed by atoms with Crippen molar-refractivity contribution >= 4 is 32.1 Å². The van der Waals surface area contributed by atoms with E-state index >= 15 is 0 Å². The number of nitrogens with one attached hydrogen (secondary N) is 1. The molecule has 0 saturated carbocycles. The highest BCUT2D eigenvalue weighted by molar-refractivity contribution is 7.26. The minimum atomic E-state index is 0.361. The molecule has 2 nitrogen and oxygen atoms in total. The number of likely N-dealkylation sites (N-methyl/N-ethyl adjacent to an activating group) is 1. The molecule has 0 saturated heterocycles. The van der Waals surface area contributed by atoms with Crippen LogP contribution in [0.4, 0.5) is 0 Å². The molecule has 1 N–H and O–H groups in total. The molecular weight excluding hydrogens is 296 g/mol. The van der Waals surface area contributed by atoms with Crippen LogP contribution in [0, 0.1) is 0 Å². The Morgan fingerprint density at radius 2 is 2.10 bits per heavy atom. The van der Waals surface area contributed by atoms with E-state index in [0.29, 0.717) is 6.04 Å². The second-order valence-corrected chi connectivity index (χ2v) is 7.19. The summed E-state index contributed by atoms with van der Waals surface area (Å²) in [4.78, 5) is 6.02. The number of aromatic nitrogens is 1. The summed E-state index contributed by atoms with van der Waals surface area (Å²) in [6.45, 7) is 5.30. The molecular formula is C17H20N2S2. The molecule has 0 amide bonds. The predicted molar refractivity (Wildman–Crippen MR) is 93.4 cm³/mol. The highest BCUT2D eigenvalue weighted by atomic mass is 32.1. The molecule has 0 bridgehead atoms. The van der Waals surface area contributed by atoms with Gasteiger partial charge in [-0.1, -0.05) is 19.9 Å². The third-order valence-electron chi connectivity index (χ3n) is 3.66. The maximum Gasteiger partial charge on any atom is 0.0471 e. The van der Waals surface area contributed by atoms with Crippen molar-refractivity contribution in [2.24, 2.45) is 0 Å². The average molecular weight is 316 g/mol. The van der Waals surface area contributed by atoms with Crippen LogP contribution in [0.3, 0.4) is 0 Å². The summed E-state index contributed by atoms with van der Waals surface area (Å²) < 4.78 is 2.79. The van der Waals surface area contributed by atoms with Gasteiger partial charge in [-0.2, -0.15) is 0 Å². The molecule has 3 aromatic rings. The fourth-order valence-electron chi connectivity index (χ4n) is 2.47. The Bertz CT molecular complexity index is 668. The summed E-state index contributed by atoms with van der Waals surface area (Å²) in [6, 6.07) is 9.26. The van der Waals surface area contributed by atoms with Crippen LogP contribution in [0.1, 0.15) is 36.0 Å². The van der Waals surface area contributed by atoms with Gasteiger partial charge in [-0.3, -0.25) is 4.98 Å². The van der Waals surface area contributed by atoms with Crippen LogP contribution in [-0.2, 0) is 12.8 Å². The van der Waals surface area contributed by atoms with E-state index in [9.17, 15) is 0 Å². The molecule has 21 heavy (non-hydrogen) atoms. The smallest absolute Gasteiger partial charge is 0.0471 e. The van der Waals surface area contributed by atoms with Crippen molar-refractivity contribution in [2.75, 3.05) is 6.54 Å². The van der Waals surface area contributed by atoms with E-state index in [-0.39, 0.29) is 0 Å². The van der Waals surface area contributed by atoms with Gasteiger partial charge >= 0.3 is 0 Å². The minimum Gasteiger partial charge on any atom is -0.309 e. The van der Waals surface area contributed by atoms with Crippen LogP contribution in [0.5, 0.6) is 0 Å². The van der Waals surface area contributed by atoms with Gasteiger partial charge in [0, 0.05) is 38.6 Å². The molecule has 0 fully saturated rings. The summed E-state index contributed by atoms with van der Waals surface area (Å²) in [7, 11) is 0. The summed E-state index contributed by atoms with van der Waals surface area (Å²) in [5, 5.41) is 5.77. The van der Waals surface area contributed by atoms with Crippen LogP contribution >= 0.6 is 22.7 Å². The highest BCUT2D eigenvalue weighted by Gasteiger charge is 2.15. The molecule has 1 atom stereocenters. The highest BCUT2D eigenvalue weighted by Crippen LogP contribution is 2.34. The Kier molecular flexibility index (Phi) is 4.68. The first-order valence-electron chi connectivity index (χ1n) is 7.44. The maximum absolute atomic E-state index is 4.61. The lowest BCUT2D eigenvalue weighted by molar-refractivity contribution is 0.552. The number of fused-ring (bicyclic) bond motifs is 1. The topological polar surface area (TPSA) is 24.9 Å². The molecule has 3 rings (SSSR count). The Balaban J connectivity index is 1.81. The third kappa shape index (κ3) is 3.34. The van der Waals surface area contributed by atoms with Crippen molar-refractivity contribution in [2.45, 2.75) is 32.7 Å². The third-order valence-corrected chi connectivity index (χ3v) is 5.87. The zero-order chi connectivity index (χ0) is 14.7. The maximum atomic E-state index is 4.61. The van der Waals surface area contributed by atoms with Crippen molar-refractivity contribution in [1.82, 2.24) is 10.3 Å². The lowest BCUT2D eigenvalue weighted by atomic mass is 10.1. The van der Waals surface area contributed by atoms with Crippen LogP contribution in [-0.4, -0.2) is 11.5 Å². The Morgan fingerprint density at radius 3 is 2.76 bits per heavy atom. The Morgan fingerprint density at radius 1 is 1.19 bits per heavy atom. The standard InChI is InChI=1S/C17H20N2S2/c1-3-12-5-6-13(19-11-12)9-14(18-4-2)16-10-17-15(21-16)7-8-20-17/h5-8,10-11,14,18H,3-4,9H2,1-2H3. The molecule has 1 unspecified atom stereocenters. The zero-order valence-corrected chi connectivity index (χ0v) is 14.1. The fraction of sp³-hybridized carbons (Fsp3) is 0.353. The summed E-state index contributed by atoms with van der Waals surface area (Å²) in [5.74, 6) is 0. The first kappa shape index (κ1) is 14.7. The molecule has 0 spiro atoms. The molecule has 0 aliphatic rings. The number of rotatable bonds is 6. The van der Waals surface area contributed by atoms with Gasteiger partial charge in [0.2, 0.25) is 0 Å². The van der Waals surface area contributed by atoms with E-state index in [0.717, 1.165) is 25.1 Å². The number of nitrogens with zero attached hydrogens (tertiary/aromatic N) is 1. The van der Waals surface area contributed by atoms with Gasteiger partial charge in [0.1, 0.15) is 0 Å². The molecule has 3 aromatic heterocycles. The van der Waals surface area contributed by atoms with E-state index in [1.807, 2.05) is 28.9 Å². The van der Waals surface area contributed by atoms with Gasteiger partial charge < -0.3 is 5.32 Å². The minimum absolute atomic E-state index is 0.361. The summed E-state index contributed by atoms with van der Waals surface area (Å²) >= 11 is 3.72. The Hall–Kier alpha value is -1.23. The quantitative estimate of drug-likeness (QED) is 0.705. The second-order valence-electron chi connectivity index (χ2n) is 5.12. The summed E-state index contributed by atoms with van der Waals surface area (Å²) in [5.41, 5.74) is 2.46. The van der Waals surface area contributed by atoms with Crippen LogP contribution < -0.4 is 5.32 Å². The van der Waals surface area contributed by atoms with E-state index in [1.54, 1.807) is 0 Å². The number of pyridine rings is 1. The monoisotopic (exact) mass is 316 g/mol. The lowest BCUT2D eigenvalue weighted by Crippen LogP contribution is -2.22. The molecule has 0 aliphatic carbocycles. The van der Waals surface area contributed by atoms with E-state index in [4.69, 9.17) is 0 Å². The van der Waals surface area contributed by atoms with E-state index in [1.165, 1.54) is 19.8 Å². The van der Waals surface area contributed by atoms with Gasteiger partial charge in [-0.25, -0.2) is 0 Å². The largest absolute Gasteiger partial charge is 0.309 e. The van der Waals surface area contributed by atoms with E-state index in [2.05, 4.69) is 53.8 Å². The first-order chi connectivity index (χ1) is 10.3. The molecule has 0 aliphatic heterocycles. The van der Waals surface area contributed by atoms with Crippen molar-refractivity contribution in [3.63, 3.8) is 0 Å². The Labute approximate surface area is 133 Å².